The van der Waals surface area contributed by atoms with Crippen molar-refractivity contribution in [1.29, 1.82) is 0 Å². The molecule has 0 aromatic carbocycles. The van der Waals surface area contributed by atoms with Crippen LogP contribution in [0.5, 0.6) is 0 Å². The van der Waals surface area contributed by atoms with Gasteiger partial charge >= 0.3 is 0 Å². The summed E-state index contributed by atoms with van der Waals surface area (Å²) in [6.07, 6.45) is 5.16. The number of hydrogen-bond acceptors (Lipinski definition) is 2. The lowest BCUT2D eigenvalue weighted by Gasteiger charge is -2.26. The Morgan fingerprint density at radius 1 is 1.37 bits per heavy atom. The third-order valence-electron chi connectivity index (χ3n) is 4.25. The summed E-state index contributed by atoms with van der Waals surface area (Å²) in [5, 5.41) is 0. The van der Waals surface area contributed by atoms with Gasteiger partial charge in [-0.05, 0) is 37.5 Å². The predicted molar refractivity (Wildman–Crippen MR) is 83.9 cm³/mol. The lowest BCUT2D eigenvalue weighted by Crippen LogP contribution is -2.41. The quantitative estimate of drug-likeness (QED) is 0.790. The molecule has 1 amide bonds. The van der Waals surface area contributed by atoms with Gasteiger partial charge in [0.2, 0.25) is 5.91 Å². The topological polar surface area (TPSA) is 46.3 Å². The second-order valence-electron chi connectivity index (χ2n) is 6.00. The van der Waals surface area contributed by atoms with Crippen LogP contribution in [0.3, 0.4) is 0 Å². The van der Waals surface area contributed by atoms with Crippen LogP contribution in [-0.4, -0.2) is 28.9 Å². The largest absolute Gasteiger partial charge is 0.393 e. The van der Waals surface area contributed by atoms with E-state index in [0.717, 1.165) is 44.7 Å². The summed E-state index contributed by atoms with van der Waals surface area (Å²) in [6.45, 7) is 8.35. The van der Waals surface area contributed by atoms with E-state index in [1.54, 1.807) is 0 Å². The first-order chi connectivity index (χ1) is 8.97. The molecule has 1 aliphatic rings. The molecule has 2 atom stereocenters. The number of amides is 1. The number of thiocarbonyl (C=S) groups is 1. The molecule has 0 radical (unpaired) electrons. The van der Waals surface area contributed by atoms with Crippen molar-refractivity contribution >= 4 is 23.1 Å². The van der Waals surface area contributed by atoms with Crippen LogP contribution in [0.15, 0.2) is 0 Å². The first kappa shape index (κ1) is 16.4. The van der Waals surface area contributed by atoms with E-state index in [0.29, 0.717) is 10.9 Å². The zero-order chi connectivity index (χ0) is 14.4. The molecule has 0 saturated carbocycles. The van der Waals surface area contributed by atoms with Crippen molar-refractivity contribution in [3.63, 3.8) is 0 Å². The molecule has 0 aromatic rings. The van der Waals surface area contributed by atoms with Gasteiger partial charge in [0.05, 0.1) is 10.9 Å². The fourth-order valence-corrected chi connectivity index (χ4v) is 3.12. The average Bonchev–Trinajstić information content (AvgIpc) is 2.60. The molecule has 1 fully saturated rings. The van der Waals surface area contributed by atoms with Gasteiger partial charge in [-0.25, -0.2) is 0 Å². The summed E-state index contributed by atoms with van der Waals surface area (Å²) in [5.74, 6) is 1.35. The van der Waals surface area contributed by atoms with Gasteiger partial charge in [-0.1, -0.05) is 39.4 Å². The second kappa shape index (κ2) is 7.83. The van der Waals surface area contributed by atoms with Crippen molar-refractivity contribution in [2.24, 2.45) is 23.5 Å². The van der Waals surface area contributed by atoms with E-state index in [2.05, 4.69) is 20.8 Å². The normalized spacial score (nSPS) is 22.1. The molecular formula is C15H28N2OS. The number of likely N-dealkylation sites (tertiary alicyclic amines) is 1. The van der Waals surface area contributed by atoms with Crippen LogP contribution < -0.4 is 5.73 Å². The Hall–Kier alpha value is -0.640. The minimum absolute atomic E-state index is 0.152. The first-order valence-electron chi connectivity index (χ1n) is 7.55. The van der Waals surface area contributed by atoms with E-state index < -0.39 is 0 Å². The van der Waals surface area contributed by atoms with Gasteiger partial charge in [-0.2, -0.15) is 0 Å². The average molecular weight is 284 g/mol. The first-order valence-corrected chi connectivity index (χ1v) is 7.96. The summed E-state index contributed by atoms with van der Waals surface area (Å²) < 4.78 is 0. The van der Waals surface area contributed by atoms with E-state index in [1.165, 1.54) is 6.42 Å². The molecule has 0 aliphatic carbocycles. The Balaban J connectivity index is 2.63. The van der Waals surface area contributed by atoms with Gasteiger partial charge in [0, 0.05) is 13.1 Å². The maximum Gasteiger partial charge on any atom is 0.232 e. The van der Waals surface area contributed by atoms with Crippen molar-refractivity contribution in [2.75, 3.05) is 13.1 Å². The zero-order valence-electron chi connectivity index (χ0n) is 12.5. The molecule has 1 heterocycles. The Morgan fingerprint density at radius 2 is 2.05 bits per heavy atom. The number of rotatable bonds is 5. The minimum atomic E-state index is -0.254. The summed E-state index contributed by atoms with van der Waals surface area (Å²) in [7, 11) is 0. The zero-order valence-corrected chi connectivity index (χ0v) is 13.3. The van der Waals surface area contributed by atoms with E-state index >= 15 is 0 Å². The molecule has 4 heteroatoms. The van der Waals surface area contributed by atoms with Crippen molar-refractivity contribution in [2.45, 2.75) is 52.9 Å². The lowest BCUT2D eigenvalue weighted by atomic mass is 9.89. The van der Waals surface area contributed by atoms with E-state index in [-0.39, 0.29) is 11.8 Å². The van der Waals surface area contributed by atoms with Gasteiger partial charge in [0.15, 0.2) is 0 Å². The van der Waals surface area contributed by atoms with Crippen LogP contribution in [0.2, 0.25) is 0 Å². The predicted octanol–water partition coefficient (Wildman–Crippen LogP) is 2.97. The van der Waals surface area contributed by atoms with Gasteiger partial charge < -0.3 is 10.6 Å². The molecule has 1 saturated heterocycles. The molecule has 1 rings (SSSR count). The molecule has 2 N–H and O–H groups in total. The SMILES string of the molecule is CCCC(C(=O)N1CCCC(C(C)C)CC1)C(N)=S. The molecule has 0 aromatic heterocycles. The van der Waals surface area contributed by atoms with Crippen molar-refractivity contribution in [3.8, 4) is 0 Å². The maximum atomic E-state index is 12.5. The summed E-state index contributed by atoms with van der Waals surface area (Å²) >= 11 is 5.06. The fraction of sp³-hybridized carbons (Fsp3) is 0.867. The van der Waals surface area contributed by atoms with Gasteiger partial charge in [-0.3, -0.25) is 4.79 Å². The van der Waals surface area contributed by atoms with Gasteiger partial charge in [-0.15, -0.1) is 0 Å². The molecule has 110 valence electrons. The highest BCUT2D eigenvalue weighted by Gasteiger charge is 2.28. The standard InChI is InChI=1S/C15H28N2OS/c1-4-6-13(14(16)19)15(18)17-9-5-7-12(8-10-17)11(2)3/h11-13H,4-10H2,1-3H3,(H2,16,19). The summed E-state index contributed by atoms with van der Waals surface area (Å²) in [6, 6.07) is 0. The van der Waals surface area contributed by atoms with E-state index in [4.69, 9.17) is 18.0 Å². The number of carbonyl (C=O) groups is 1. The number of nitrogens with two attached hydrogens (primary N) is 1. The van der Waals surface area contributed by atoms with Crippen LogP contribution in [-0.2, 0) is 4.79 Å². The molecule has 0 spiro atoms. The third-order valence-corrected chi connectivity index (χ3v) is 4.53. The molecule has 2 unspecified atom stereocenters. The minimum Gasteiger partial charge on any atom is -0.393 e. The third kappa shape index (κ3) is 4.75. The Labute approximate surface area is 122 Å². The van der Waals surface area contributed by atoms with Crippen LogP contribution in [0, 0.1) is 17.8 Å². The number of hydrogen-bond donors (Lipinski definition) is 1. The highest BCUT2D eigenvalue weighted by molar-refractivity contribution is 7.80. The maximum absolute atomic E-state index is 12.5. The smallest absolute Gasteiger partial charge is 0.232 e. The van der Waals surface area contributed by atoms with Crippen LogP contribution in [0.4, 0.5) is 0 Å². The van der Waals surface area contributed by atoms with Gasteiger partial charge in [0.25, 0.3) is 0 Å². The van der Waals surface area contributed by atoms with Crippen molar-refractivity contribution in [1.82, 2.24) is 4.90 Å². The Bertz CT molecular complexity index is 317. The second-order valence-corrected chi connectivity index (χ2v) is 6.48. The molecular weight excluding hydrogens is 256 g/mol. The summed E-state index contributed by atoms with van der Waals surface area (Å²) in [4.78, 5) is 14.9. The molecule has 1 aliphatic heterocycles. The van der Waals surface area contributed by atoms with Gasteiger partial charge in [0.1, 0.15) is 0 Å². The highest BCUT2D eigenvalue weighted by Crippen LogP contribution is 2.25. The Kier molecular flexibility index (Phi) is 6.76. The van der Waals surface area contributed by atoms with Crippen LogP contribution >= 0.6 is 12.2 Å². The Morgan fingerprint density at radius 3 is 2.58 bits per heavy atom. The fourth-order valence-electron chi connectivity index (χ4n) is 2.91. The van der Waals surface area contributed by atoms with Crippen molar-refractivity contribution < 1.29 is 4.79 Å². The lowest BCUT2D eigenvalue weighted by molar-refractivity contribution is -0.133. The summed E-state index contributed by atoms with van der Waals surface area (Å²) in [5.41, 5.74) is 5.73. The number of carbonyl (C=O) groups excluding carboxylic acids is 1. The van der Waals surface area contributed by atoms with Crippen LogP contribution in [0.1, 0.15) is 52.9 Å². The number of nitrogens with zero attached hydrogens (tertiary/aromatic N) is 1. The highest BCUT2D eigenvalue weighted by atomic mass is 32.1. The van der Waals surface area contributed by atoms with E-state index in [9.17, 15) is 4.79 Å². The monoisotopic (exact) mass is 284 g/mol. The molecule has 0 bridgehead atoms. The van der Waals surface area contributed by atoms with Crippen molar-refractivity contribution in [3.05, 3.63) is 0 Å². The molecule has 3 nitrogen and oxygen atoms in total. The van der Waals surface area contributed by atoms with E-state index in [1.807, 2.05) is 4.90 Å². The van der Waals surface area contributed by atoms with Crippen LogP contribution in [0.25, 0.3) is 0 Å². The molecule has 19 heavy (non-hydrogen) atoms.